The molecule has 1 rings (SSSR count). The van der Waals surface area contributed by atoms with Gasteiger partial charge in [-0.1, -0.05) is 56.2 Å². The van der Waals surface area contributed by atoms with Gasteiger partial charge in [0.25, 0.3) is 0 Å². The summed E-state index contributed by atoms with van der Waals surface area (Å²) in [5.74, 6) is 0.0726. The van der Waals surface area contributed by atoms with Gasteiger partial charge in [0, 0.05) is 13.3 Å². The van der Waals surface area contributed by atoms with Crippen molar-refractivity contribution in [1.82, 2.24) is 0 Å². The average Bonchev–Trinajstić information content (AvgIpc) is 2.41. The molecule has 1 aromatic carbocycles. The number of ether oxygens (including phenoxy) is 1. The summed E-state index contributed by atoms with van der Waals surface area (Å²) in [6.45, 7) is 9.58. The molecular weight excluding hydrogens is 252 g/mol. The molecule has 3 heteroatoms. The molecule has 0 atom stereocenters. The van der Waals surface area contributed by atoms with Crippen molar-refractivity contribution in [3.8, 4) is 0 Å². The molecule has 0 amide bonds. The first-order valence-corrected chi connectivity index (χ1v) is 7.08. The van der Waals surface area contributed by atoms with Crippen LogP contribution in [0.25, 0.3) is 0 Å². The Bertz CT molecular complexity index is 345. The van der Waals surface area contributed by atoms with E-state index in [4.69, 9.17) is 0 Å². The van der Waals surface area contributed by atoms with Crippen molar-refractivity contribution in [3.63, 3.8) is 0 Å². The number of hydrogen-bond donors (Lipinski definition) is 0. The third-order valence-electron chi connectivity index (χ3n) is 2.24. The van der Waals surface area contributed by atoms with Gasteiger partial charge in [0.1, 0.15) is 5.78 Å². The van der Waals surface area contributed by atoms with Gasteiger partial charge in [-0.15, -0.1) is 0 Å². The number of hydrogen-bond acceptors (Lipinski definition) is 3. The summed E-state index contributed by atoms with van der Waals surface area (Å²) in [6, 6.07) is 10.3. The molecule has 0 aliphatic rings. The summed E-state index contributed by atoms with van der Waals surface area (Å²) in [5, 5.41) is 0. The minimum Gasteiger partial charge on any atom is -0.466 e. The van der Waals surface area contributed by atoms with Gasteiger partial charge in [-0.25, -0.2) is 0 Å². The van der Waals surface area contributed by atoms with Crippen molar-refractivity contribution in [3.05, 3.63) is 35.9 Å². The quantitative estimate of drug-likeness (QED) is 0.609. The number of ketones is 1. The fourth-order valence-corrected chi connectivity index (χ4v) is 0.895. The maximum Gasteiger partial charge on any atom is 0.302 e. The molecule has 0 bridgehead atoms. The minimum absolute atomic E-state index is 0.182. The lowest BCUT2D eigenvalue weighted by molar-refractivity contribution is -0.141. The van der Waals surface area contributed by atoms with Crippen LogP contribution in [0.2, 0.25) is 0 Å². The largest absolute Gasteiger partial charge is 0.466 e. The first-order chi connectivity index (χ1) is 9.43. The smallest absolute Gasteiger partial charge is 0.302 e. The third kappa shape index (κ3) is 21.6. The van der Waals surface area contributed by atoms with Crippen LogP contribution in [0.4, 0.5) is 0 Å². The van der Waals surface area contributed by atoms with Gasteiger partial charge < -0.3 is 9.53 Å². The molecule has 0 unspecified atom stereocenters. The zero-order valence-corrected chi connectivity index (χ0v) is 13.4. The Labute approximate surface area is 123 Å². The van der Waals surface area contributed by atoms with E-state index in [9.17, 15) is 9.59 Å². The molecule has 3 nitrogen and oxygen atoms in total. The highest BCUT2D eigenvalue weighted by molar-refractivity contribution is 5.74. The second kappa shape index (κ2) is 15.4. The van der Waals surface area contributed by atoms with E-state index in [1.165, 1.54) is 12.5 Å². The van der Waals surface area contributed by atoms with Crippen molar-refractivity contribution in [2.45, 2.75) is 53.9 Å². The summed E-state index contributed by atoms with van der Waals surface area (Å²) in [4.78, 5) is 19.9. The van der Waals surface area contributed by atoms with Gasteiger partial charge in [-0.3, -0.25) is 4.79 Å². The summed E-state index contributed by atoms with van der Waals surface area (Å²) in [5.41, 5.74) is 1.32. The van der Waals surface area contributed by atoms with E-state index >= 15 is 0 Å². The molecule has 0 aliphatic heterocycles. The Hall–Kier alpha value is -1.64. The Morgan fingerprint density at radius 3 is 1.80 bits per heavy atom. The van der Waals surface area contributed by atoms with Crippen molar-refractivity contribution < 1.29 is 14.3 Å². The molecule has 0 fully saturated rings. The van der Waals surface area contributed by atoms with Crippen LogP contribution >= 0.6 is 0 Å². The van der Waals surface area contributed by atoms with Crippen molar-refractivity contribution in [1.29, 1.82) is 0 Å². The number of aryl methyl sites for hydroxylation is 1. The van der Waals surface area contributed by atoms with Crippen LogP contribution < -0.4 is 0 Å². The summed E-state index contributed by atoms with van der Waals surface area (Å²) in [7, 11) is 0. The van der Waals surface area contributed by atoms with Crippen LogP contribution in [0.3, 0.4) is 0 Å². The zero-order valence-electron chi connectivity index (χ0n) is 13.4. The fourth-order valence-electron chi connectivity index (χ4n) is 0.895. The summed E-state index contributed by atoms with van der Waals surface area (Å²) < 4.78 is 4.64. The van der Waals surface area contributed by atoms with Crippen molar-refractivity contribution in [2.24, 2.45) is 0 Å². The van der Waals surface area contributed by atoms with Crippen LogP contribution in [-0.4, -0.2) is 18.4 Å². The number of rotatable bonds is 4. The summed E-state index contributed by atoms with van der Waals surface area (Å²) in [6.07, 6.45) is 2.72. The molecular formula is C17H28O3. The lowest BCUT2D eigenvalue weighted by Gasteiger charge is -1.96. The highest BCUT2D eigenvalue weighted by atomic mass is 16.5. The lowest BCUT2D eigenvalue weighted by atomic mass is 10.2. The van der Waals surface area contributed by atoms with Gasteiger partial charge in [-0.05, 0) is 20.3 Å². The molecule has 0 spiro atoms. The molecule has 0 saturated heterocycles. The van der Waals surface area contributed by atoms with Gasteiger partial charge in [0.15, 0.2) is 0 Å². The van der Waals surface area contributed by atoms with Crippen LogP contribution in [0.5, 0.6) is 0 Å². The lowest BCUT2D eigenvalue weighted by Crippen LogP contribution is -1.99. The second-order valence-corrected chi connectivity index (χ2v) is 4.40. The van der Waals surface area contributed by atoms with E-state index in [1.807, 2.05) is 25.1 Å². The SMILES string of the molecule is CCC(C)=O.CCCCOC(C)=O.Cc1ccccc1. The molecule has 0 aliphatic carbocycles. The predicted octanol–water partition coefficient (Wildman–Crippen LogP) is 4.33. The molecule has 1 aromatic rings. The minimum atomic E-state index is -0.182. The van der Waals surface area contributed by atoms with E-state index in [1.54, 1.807) is 6.92 Å². The molecule has 20 heavy (non-hydrogen) atoms. The number of Topliss-reactive ketones (excluding diaryl/α,β-unsaturated/α-hetero) is 1. The van der Waals surface area contributed by atoms with E-state index in [0.29, 0.717) is 13.0 Å². The topological polar surface area (TPSA) is 43.4 Å². The molecule has 0 radical (unpaired) electrons. The molecule has 0 heterocycles. The first kappa shape index (κ1) is 20.7. The predicted molar refractivity (Wildman–Crippen MR) is 83.7 cm³/mol. The number of benzene rings is 1. The third-order valence-corrected chi connectivity index (χ3v) is 2.24. The van der Waals surface area contributed by atoms with E-state index in [-0.39, 0.29) is 11.8 Å². The normalized spacial score (nSPS) is 8.45. The van der Waals surface area contributed by atoms with Crippen LogP contribution in [0.15, 0.2) is 30.3 Å². The van der Waals surface area contributed by atoms with E-state index < -0.39 is 0 Å². The molecule has 114 valence electrons. The highest BCUT2D eigenvalue weighted by Crippen LogP contribution is 1.92. The van der Waals surface area contributed by atoms with Crippen LogP contribution in [-0.2, 0) is 14.3 Å². The van der Waals surface area contributed by atoms with Crippen LogP contribution in [0, 0.1) is 6.92 Å². The monoisotopic (exact) mass is 280 g/mol. The fraction of sp³-hybridized carbons (Fsp3) is 0.529. The highest BCUT2D eigenvalue weighted by Gasteiger charge is 1.88. The van der Waals surface area contributed by atoms with Gasteiger partial charge >= 0.3 is 5.97 Å². The average molecular weight is 280 g/mol. The van der Waals surface area contributed by atoms with Crippen molar-refractivity contribution in [2.75, 3.05) is 6.61 Å². The zero-order chi connectivity index (χ0) is 15.8. The van der Waals surface area contributed by atoms with Crippen molar-refractivity contribution >= 4 is 11.8 Å². The number of carbonyl (C=O) groups excluding carboxylic acids is 2. The number of unbranched alkanes of at least 4 members (excludes halogenated alkanes) is 1. The molecule has 0 saturated carbocycles. The Balaban J connectivity index is 0. The van der Waals surface area contributed by atoms with Crippen LogP contribution in [0.1, 0.15) is 52.5 Å². The molecule has 0 aromatic heterocycles. The van der Waals surface area contributed by atoms with E-state index in [2.05, 4.69) is 30.7 Å². The van der Waals surface area contributed by atoms with Gasteiger partial charge in [0.2, 0.25) is 0 Å². The number of esters is 1. The first-order valence-electron chi connectivity index (χ1n) is 7.08. The maximum atomic E-state index is 10.1. The van der Waals surface area contributed by atoms with Gasteiger partial charge in [-0.2, -0.15) is 0 Å². The Morgan fingerprint density at radius 2 is 1.55 bits per heavy atom. The summed E-state index contributed by atoms with van der Waals surface area (Å²) >= 11 is 0. The van der Waals surface area contributed by atoms with Gasteiger partial charge in [0.05, 0.1) is 6.61 Å². The second-order valence-electron chi connectivity index (χ2n) is 4.40. The maximum absolute atomic E-state index is 10.1. The molecule has 0 N–H and O–H groups in total. The Morgan fingerprint density at radius 1 is 1.05 bits per heavy atom. The van der Waals surface area contributed by atoms with E-state index in [0.717, 1.165) is 12.8 Å². The standard InChI is InChI=1S/C7H8.C6H12O2.C4H8O/c1-7-5-3-2-4-6-7;1-3-4-5-8-6(2)7;1-3-4(2)5/h2-6H,1H3;3-5H2,1-2H3;3H2,1-2H3. The number of carbonyl (C=O) groups is 2. The Kier molecular flexibility index (Phi) is 15.9.